The molecule has 0 aliphatic heterocycles. The first-order chi connectivity index (χ1) is 10.3. The van der Waals surface area contributed by atoms with Crippen molar-refractivity contribution in [3.8, 4) is 11.3 Å². The highest BCUT2D eigenvalue weighted by molar-refractivity contribution is 5.79. The number of hydrogen-bond acceptors (Lipinski definition) is 0. The van der Waals surface area contributed by atoms with Gasteiger partial charge in [-0.2, -0.15) is 4.57 Å². The Morgan fingerprint density at radius 2 is 1.71 bits per heavy atom. The largest absolute Gasteiger partial charge is 0.323 e. The van der Waals surface area contributed by atoms with Crippen LogP contribution >= 0.6 is 0 Å². The standard InChI is InChI=1S/C19H17N2/c1-14-16(13-21-12-6-5-8-17(14)21)19-11-10-15-7-3-4-9-18(15)20(19)2/h3-13H,1-2H3/q+1. The lowest BCUT2D eigenvalue weighted by Crippen LogP contribution is -2.31. The summed E-state index contributed by atoms with van der Waals surface area (Å²) in [4.78, 5) is 0. The molecular formula is C19H17N2+. The fourth-order valence-corrected chi connectivity index (χ4v) is 3.13. The van der Waals surface area contributed by atoms with Gasteiger partial charge in [-0.15, -0.1) is 0 Å². The molecule has 2 heteroatoms. The van der Waals surface area contributed by atoms with Crippen LogP contribution < -0.4 is 4.57 Å². The van der Waals surface area contributed by atoms with Crippen molar-refractivity contribution in [1.82, 2.24) is 4.40 Å². The third-order valence-electron chi connectivity index (χ3n) is 4.30. The fraction of sp³-hybridized carbons (Fsp3) is 0.105. The summed E-state index contributed by atoms with van der Waals surface area (Å²) in [6, 6.07) is 19.2. The van der Waals surface area contributed by atoms with Crippen molar-refractivity contribution < 1.29 is 4.57 Å². The minimum Gasteiger partial charge on any atom is -0.323 e. The van der Waals surface area contributed by atoms with Gasteiger partial charge in [0.15, 0.2) is 0 Å². The van der Waals surface area contributed by atoms with Crippen molar-refractivity contribution in [3.05, 3.63) is 72.6 Å². The molecule has 0 radical (unpaired) electrons. The average molecular weight is 273 g/mol. The zero-order valence-corrected chi connectivity index (χ0v) is 12.2. The van der Waals surface area contributed by atoms with E-state index in [1.54, 1.807) is 0 Å². The van der Waals surface area contributed by atoms with Crippen LogP contribution in [0, 0.1) is 6.92 Å². The minimum absolute atomic E-state index is 1.25. The number of benzene rings is 1. The third-order valence-corrected chi connectivity index (χ3v) is 4.30. The van der Waals surface area contributed by atoms with Crippen LogP contribution in [0.1, 0.15) is 5.56 Å². The Balaban J connectivity index is 2.04. The first-order valence-corrected chi connectivity index (χ1v) is 7.20. The molecule has 0 spiro atoms. The third kappa shape index (κ3) is 1.76. The van der Waals surface area contributed by atoms with E-state index in [2.05, 4.69) is 89.9 Å². The Morgan fingerprint density at radius 3 is 2.57 bits per heavy atom. The number of pyridine rings is 2. The van der Waals surface area contributed by atoms with E-state index in [4.69, 9.17) is 0 Å². The Bertz CT molecular complexity index is 964. The fourth-order valence-electron chi connectivity index (χ4n) is 3.13. The van der Waals surface area contributed by atoms with Crippen molar-refractivity contribution in [2.45, 2.75) is 6.92 Å². The van der Waals surface area contributed by atoms with Crippen LogP contribution in [0.15, 0.2) is 67.0 Å². The second-order valence-electron chi connectivity index (χ2n) is 5.50. The molecule has 0 N–H and O–H groups in total. The molecular weight excluding hydrogens is 256 g/mol. The van der Waals surface area contributed by atoms with Crippen LogP contribution in [0.3, 0.4) is 0 Å². The molecule has 0 saturated carbocycles. The summed E-state index contributed by atoms with van der Waals surface area (Å²) in [5.41, 5.74) is 6.37. The van der Waals surface area contributed by atoms with E-state index >= 15 is 0 Å². The van der Waals surface area contributed by atoms with Crippen molar-refractivity contribution in [2.24, 2.45) is 7.05 Å². The van der Waals surface area contributed by atoms with Gasteiger partial charge in [0.05, 0.1) is 5.56 Å². The van der Waals surface area contributed by atoms with Gasteiger partial charge in [-0.05, 0) is 36.8 Å². The molecule has 0 aliphatic carbocycles. The summed E-state index contributed by atoms with van der Waals surface area (Å²) >= 11 is 0. The number of aromatic nitrogens is 2. The van der Waals surface area contributed by atoms with E-state index in [-0.39, 0.29) is 0 Å². The van der Waals surface area contributed by atoms with Crippen LogP contribution in [0.2, 0.25) is 0 Å². The first kappa shape index (κ1) is 12.2. The molecule has 0 atom stereocenters. The molecule has 1 aromatic carbocycles. The number of hydrogen-bond donors (Lipinski definition) is 0. The quantitative estimate of drug-likeness (QED) is 0.465. The lowest BCUT2D eigenvalue weighted by molar-refractivity contribution is -0.633. The Hall–Kier alpha value is -2.61. The maximum atomic E-state index is 2.27. The predicted octanol–water partition coefficient (Wildman–Crippen LogP) is 3.89. The van der Waals surface area contributed by atoms with Gasteiger partial charge in [-0.3, -0.25) is 0 Å². The molecule has 0 amide bonds. The molecule has 0 aliphatic rings. The zero-order chi connectivity index (χ0) is 14.4. The molecule has 0 saturated heterocycles. The number of nitrogens with zero attached hydrogens (tertiary/aromatic N) is 2. The van der Waals surface area contributed by atoms with Crippen molar-refractivity contribution >= 4 is 16.4 Å². The molecule has 3 aromatic heterocycles. The van der Waals surface area contributed by atoms with Gasteiger partial charge < -0.3 is 4.40 Å². The summed E-state index contributed by atoms with van der Waals surface area (Å²) < 4.78 is 4.47. The van der Waals surface area contributed by atoms with Crippen LogP contribution in [-0.2, 0) is 7.05 Å². The second-order valence-corrected chi connectivity index (χ2v) is 5.50. The Labute approximate surface area is 123 Å². The molecule has 2 nitrogen and oxygen atoms in total. The summed E-state index contributed by atoms with van der Waals surface area (Å²) in [6.45, 7) is 2.19. The maximum absolute atomic E-state index is 2.27. The molecule has 0 fully saturated rings. The van der Waals surface area contributed by atoms with Gasteiger partial charge in [0.25, 0.3) is 0 Å². The number of para-hydroxylation sites is 1. The van der Waals surface area contributed by atoms with E-state index in [1.165, 1.54) is 33.2 Å². The Kier molecular flexibility index (Phi) is 2.58. The van der Waals surface area contributed by atoms with Crippen LogP contribution in [0.4, 0.5) is 0 Å². The highest BCUT2D eigenvalue weighted by atomic mass is 14.9. The van der Waals surface area contributed by atoms with E-state index < -0.39 is 0 Å². The van der Waals surface area contributed by atoms with Crippen molar-refractivity contribution in [1.29, 1.82) is 0 Å². The predicted molar refractivity (Wildman–Crippen MR) is 86.3 cm³/mol. The van der Waals surface area contributed by atoms with E-state index in [9.17, 15) is 0 Å². The SMILES string of the molecule is Cc1c(-c2ccc3ccccc3[n+]2C)cn2ccccc12. The van der Waals surface area contributed by atoms with Gasteiger partial charge >= 0.3 is 0 Å². The van der Waals surface area contributed by atoms with Crippen LogP contribution in [0.25, 0.3) is 27.7 Å². The number of aryl methyl sites for hydroxylation is 2. The van der Waals surface area contributed by atoms with Gasteiger partial charge in [-0.1, -0.05) is 18.2 Å². The smallest absolute Gasteiger partial charge is 0.214 e. The van der Waals surface area contributed by atoms with Gasteiger partial charge in [0.1, 0.15) is 7.05 Å². The highest BCUT2D eigenvalue weighted by Crippen LogP contribution is 2.27. The zero-order valence-electron chi connectivity index (χ0n) is 12.2. The van der Waals surface area contributed by atoms with Crippen LogP contribution in [-0.4, -0.2) is 4.40 Å². The lowest BCUT2D eigenvalue weighted by Gasteiger charge is -2.02. The molecule has 4 rings (SSSR count). The molecule has 0 unspecified atom stereocenters. The summed E-state index contributed by atoms with van der Waals surface area (Å²) in [5.74, 6) is 0. The van der Waals surface area contributed by atoms with E-state index in [0.717, 1.165) is 0 Å². The van der Waals surface area contributed by atoms with Gasteiger partial charge in [-0.25, -0.2) is 0 Å². The second kappa shape index (κ2) is 4.45. The normalized spacial score (nSPS) is 11.3. The molecule has 3 heterocycles. The lowest BCUT2D eigenvalue weighted by atomic mass is 10.1. The molecule has 4 aromatic rings. The van der Waals surface area contributed by atoms with Gasteiger partial charge in [0, 0.05) is 35.4 Å². The molecule has 102 valence electrons. The van der Waals surface area contributed by atoms with E-state index in [0.29, 0.717) is 0 Å². The maximum Gasteiger partial charge on any atom is 0.214 e. The van der Waals surface area contributed by atoms with Crippen LogP contribution in [0.5, 0.6) is 0 Å². The first-order valence-electron chi connectivity index (χ1n) is 7.20. The van der Waals surface area contributed by atoms with Crippen molar-refractivity contribution in [3.63, 3.8) is 0 Å². The molecule has 21 heavy (non-hydrogen) atoms. The summed E-state index contributed by atoms with van der Waals surface area (Å²) in [6.07, 6.45) is 4.32. The van der Waals surface area contributed by atoms with E-state index in [1.807, 2.05) is 0 Å². The van der Waals surface area contributed by atoms with Gasteiger partial charge in [0.2, 0.25) is 11.2 Å². The number of rotatable bonds is 1. The minimum atomic E-state index is 1.25. The summed E-state index contributed by atoms with van der Waals surface area (Å²) in [7, 11) is 2.14. The van der Waals surface area contributed by atoms with Crippen molar-refractivity contribution in [2.75, 3.05) is 0 Å². The summed E-state index contributed by atoms with van der Waals surface area (Å²) in [5, 5.41) is 1.27. The Morgan fingerprint density at radius 1 is 0.905 bits per heavy atom. The average Bonchev–Trinajstić information content (AvgIpc) is 2.85. The monoisotopic (exact) mass is 273 g/mol. The number of fused-ring (bicyclic) bond motifs is 2. The topological polar surface area (TPSA) is 8.29 Å². The highest BCUT2D eigenvalue weighted by Gasteiger charge is 2.18. The molecule has 0 bridgehead atoms.